The fourth-order valence-corrected chi connectivity index (χ4v) is 4.95. The van der Waals surface area contributed by atoms with Gasteiger partial charge in [-0.1, -0.05) is 68.4 Å². The van der Waals surface area contributed by atoms with Gasteiger partial charge in [0.1, 0.15) is 0 Å². The number of Topliss-reactive ketones (excluding diaryl/α,β-unsaturated/α-hetero) is 2. The Hall–Kier alpha value is -3.26. The van der Waals surface area contributed by atoms with Gasteiger partial charge in [0.05, 0.1) is 0 Å². The SMILES string of the molecule is CCCC(=O)c1cc2cccc3c4cccc5cccc(c(c1C(=O)CCC)c23)c54. The summed E-state index contributed by atoms with van der Waals surface area (Å²) in [4.78, 5) is 26.5. The summed E-state index contributed by atoms with van der Waals surface area (Å²) < 4.78 is 0. The Balaban J connectivity index is 2.09. The molecule has 0 N–H and O–H groups in total. The van der Waals surface area contributed by atoms with Crippen LogP contribution in [0.5, 0.6) is 0 Å². The molecule has 30 heavy (non-hydrogen) atoms. The molecule has 0 unspecified atom stereocenters. The minimum Gasteiger partial charge on any atom is -0.294 e. The largest absolute Gasteiger partial charge is 0.294 e. The summed E-state index contributed by atoms with van der Waals surface area (Å²) in [5.74, 6) is 0.131. The van der Waals surface area contributed by atoms with Crippen LogP contribution in [0.2, 0.25) is 0 Å². The van der Waals surface area contributed by atoms with Crippen LogP contribution in [0.25, 0.3) is 43.1 Å². The second kappa shape index (κ2) is 7.21. The maximum Gasteiger partial charge on any atom is 0.164 e. The van der Waals surface area contributed by atoms with Crippen LogP contribution < -0.4 is 0 Å². The van der Waals surface area contributed by atoms with Gasteiger partial charge in [0.15, 0.2) is 11.6 Å². The lowest BCUT2D eigenvalue weighted by Crippen LogP contribution is -2.11. The molecule has 0 heterocycles. The molecule has 5 aromatic carbocycles. The van der Waals surface area contributed by atoms with E-state index < -0.39 is 0 Å². The first-order valence-corrected chi connectivity index (χ1v) is 10.8. The normalized spacial score (nSPS) is 11.8. The highest BCUT2D eigenvalue weighted by Gasteiger charge is 2.24. The van der Waals surface area contributed by atoms with Crippen LogP contribution in [0, 0.1) is 0 Å². The van der Waals surface area contributed by atoms with Crippen LogP contribution in [-0.2, 0) is 0 Å². The first-order valence-electron chi connectivity index (χ1n) is 10.8. The van der Waals surface area contributed by atoms with Crippen molar-refractivity contribution >= 4 is 54.7 Å². The van der Waals surface area contributed by atoms with Gasteiger partial charge >= 0.3 is 0 Å². The van der Waals surface area contributed by atoms with Gasteiger partial charge in [-0.25, -0.2) is 0 Å². The molecular formula is C28H24O2. The molecular weight excluding hydrogens is 368 g/mol. The van der Waals surface area contributed by atoms with Gasteiger partial charge in [-0.3, -0.25) is 9.59 Å². The van der Waals surface area contributed by atoms with Gasteiger partial charge in [0, 0.05) is 29.4 Å². The molecule has 0 aliphatic carbocycles. The number of carbonyl (C=O) groups excluding carboxylic acids is 2. The van der Waals surface area contributed by atoms with Gasteiger partial charge < -0.3 is 0 Å². The van der Waals surface area contributed by atoms with Crippen molar-refractivity contribution in [2.75, 3.05) is 0 Å². The van der Waals surface area contributed by atoms with E-state index in [0.717, 1.165) is 45.2 Å². The number of benzene rings is 5. The molecule has 0 saturated heterocycles. The molecule has 0 atom stereocenters. The lowest BCUT2D eigenvalue weighted by molar-refractivity contribution is 0.0950. The van der Waals surface area contributed by atoms with Gasteiger partial charge in [0.2, 0.25) is 0 Å². The Morgan fingerprint density at radius 1 is 0.633 bits per heavy atom. The molecule has 0 bridgehead atoms. The van der Waals surface area contributed by atoms with Crippen molar-refractivity contribution in [1.82, 2.24) is 0 Å². The number of rotatable bonds is 6. The highest BCUT2D eigenvalue weighted by Crippen LogP contribution is 2.43. The number of ketones is 2. The van der Waals surface area contributed by atoms with Crippen molar-refractivity contribution < 1.29 is 9.59 Å². The molecule has 0 saturated carbocycles. The summed E-state index contributed by atoms with van der Waals surface area (Å²) in [5.41, 5.74) is 1.21. The first-order chi connectivity index (χ1) is 14.7. The molecule has 0 amide bonds. The van der Waals surface area contributed by atoms with Crippen molar-refractivity contribution in [2.24, 2.45) is 0 Å². The Bertz CT molecular complexity index is 1440. The molecule has 5 rings (SSSR count). The number of hydrogen-bond donors (Lipinski definition) is 0. The first kappa shape index (κ1) is 18.7. The third kappa shape index (κ3) is 2.64. The zero-order chi connectivity index (χ0) is 20.8. The van der Waals surface area contributed by atoms with E-state index in [4.69, 9.17) is 0 Å². The smallest absolute Gasteiger partial charge is 0.164 e. The maximum atomic E-state index is 13.4. The van der Waals surface area contributed by atoms with Crippen LogP contribution in [-0.4, -0.2) is 11.6 Å². The van der Waals surface area contributed by atoms with Gasteiger partial charge in [-0.15, -0.1) is 0 Å². The van der Waals surface area contributed by atoms with E-state index >= 15 is 0 Å². The fourth-order valence-electron chi connectivity index (χ4n) is 4.95. The second-order valence-electron chi connectivity index (χ2n) is 8.13. The van der Waals surface area contributed by atoms with E-state index in [1.165, 1.54) is 10.8 Å². The van der Waals surface area contributed by atoms with Gasteiger partial charge in [-0.05, 0) is 56.6 Å². The quantitative estimate of drug-likeness (QED) is 0.168. The Morgan fingerprint density at radius 2 is 1.20 bits per heavy atom. The summed E-state index contributed by atoms with van der Waals surface area (Å²) in [6.45, 7) is 4.02. The van der Waals surface area contributed by atoms with Crippen LogP contribution in [0.3, 0.4) is 0 Å². The lowest BCUT2D eigenvalue weighted by Gasteiger charge is -2.19. The van der Waals surface area contributed by atoms with Crippen LogP contribution >= 0.6 is 0 Å². The highest BCUT2D eigenvalue weighted by molar-refractivity contribution is 6.37. The third-order valence-corrected chi connectivity index (χ3v) is 6.16. The van der Waals surface area contributed by atoms with E-state index in [1.54, 1.807) is 0 Å². The van der Waals surface area contributed by atoms with Crippen molar-refractivity contribution in [1.29, 1.82) is 0 Å². The molecule has 2 heteroatoms. The number of carbonyl (C=O) groups is 2. The summed E-state index contributed by atoms with van der Waals surface area (Å²) in [6, 6.07) is 20.8. The van der Waals surface area contributed by atoms with Crippen LogP contribution in [0.1, 0.15) is 60.2 Å². The highest BCUT2D eigenvalue weighted by atomic mass is 16.1. The molecule has 0 aliphatic heterocycles. The van der Waals surface area contributed by atoms with E-state index in [-0.39, 0.29) is 11.6 Å². The summed E-state index contributed by atoms with van der Waals surface area (Å²) in [7, 11) is 0. The van der Waals surface area contributed by atoms with E-state index in [9.17, 15) is 9.59 Å². The zero-order valence-corrected chi connectivity index (χ0v) is 17.4. The molecule has 0 fully saturated rings. The monoisotopic (exact) mass is 392 g/mol. The van der Waals surface area contributed by atoms with Crippen LogP contribution in [0.4, 0.5) is 0 Å². The van der Waals surface area contributed by atoms with E-state index in [0.29, 0.717) is 24.0 Å². The van der Waals surface area contributed by atoms with Crippen molar-refractivity contribution in [3.05, 3.63) is 71.8 Å². The minimum atomic E-state index is 0.0616. The Morgan fingerprint density at radius 3 is 1.87 bits per heavy atom. The average Bonchev–Trinajstić information content (AvgIpc) is 2.76. The fraction of sp³-hybridized carbons (Fsp3) is 0.214. The lowest BCUT2D eigenvalue weighted by atomic mass is 9.83. The maximum absolute atomic E-state index is 13.4. The summed E-state index contributed by atoms with van der Waals surface area (Å²) >= 11 is 0. The van der Waals surface area contributed by atoms with Gasteiger partial charge in [0.25, 0.3) is 0 Å². The molecule has 2 nitrogen and oxygen atoms in total. The minimum absolute atomic E-state index is 0.0616. The summed E-state index contributed by atoms with van der Waals surface area (Å²) in [6.07, 6.45) is 2.44. The van der Waals surface area contributed by atoms with Crippen molar-refractivity contribution in [3.8, 4) is 0 Å². The topological polar surface area (TPSA) is 34.1 Å². The molecule has 0 aliphatic rings. The van der Waals surface area contributed by atoms with E-state index in [1.807, 2.05) is 19.9 Å². The zero-order valence-electron chi connectivity index (χ0n) is 17.4. The molecule has 0 spiro atoms. The second-order valence-corrected chi connectivity index (χ2v) is 8.13. The molecule has 148 valence electrons. The van der Waals surface area contributed by atoms with E-state index in [2.05, 4.69) is 54.6 Å². The standard InChI is InChI=1S/C28H24O2/c1-3-8-23(29)22-16-18-12-7-14-20-19-13-5-10-17-11-6-15-21(25(17)19)28(26(18)20)27(22)24(30)9-4-2/h5-7,10-16H,3-4,8-9H2,1-2H3. The molecule has 0 aromatic heterocycles. The number of fused-ring (bicyclic) bond motifs is 2. The molecule has 5 aromatic rings. The van der Waals surface area contributed by atoms with Crippen molar-refractivity contribution in [3.63, 3.8) is 0 Å². The predicted molar refractivity (Wildman–Crippen MR) is 126 cm³/mol. The average molecular weight is 392 g/mol. The third-order valence-electron chi connectivity index (χ3n) is 6.16. The van der Waals surface area contributed by atoms with Gasteiger partial charge in [-0.2, -0.15) is 0 Å². The predicted octanol–water partition coefficient (Wildman–Crippen LogP) is 7.70. The molecule has 0 radical (unpaired) electrons. The number of hydrogen-bond acceptors (Lipinski definition) is 2. The Kier molecular flexibility index (Phi) is 4.51. The summed E-state index contributed by atoms with van der Waals surface area (Å²) in [5, 5.41) is 8.81. The van der Waals surface area contributed by atoms with Crippen molar-refractivity contribution in [2.45, 2.75) is 39.5 Å². The Labute approximate surface area is 175 Å². The van der Waals surface area contributed by atoms with Crippen LogP contribution in [0.15, 0.2) is 60.7 Å².